The third-order valence-corrected chi connectivity index (χ3v) is 5.89. The number of ether oxygens (including phenoxy) is 1. The minimum atomic E-state index is -0.0620. The minimum Gasteiger partial charge on any atom is -0.457 e. The Kier molecular flexibility index (Phi) is 5.67. The third kappa shape index (κ3) is 5.00. The molecule has 1 aliphatic rings. The smallest absolute Gasteiger partial charge is 0.251 e. The molecule has 2 heterocycles. The van der Waals surface area contributed by atoms with Crippen molar-refractivity contribution >= 4 is 28.3 Å². The Balaban J connectivity index is 1.46. The maximum Gasteiger partial charge on any atom is 0.251 e. The van der Waals surface area contributed by atoms with Gasteiger partial charge in [0, 0.05) is 39.7 Å². The van der Waals surface area contributed by atoms with Crippen molar-refractivity contribution in [3.05, 3.63) is 65.4 Å². The highest BCUT2D eigenvalue weighted by Crippen LogP contribution is 2.32. The zero-order valence-electron chi connectivity index (χ0n) is 18.3. The van der Waals surface area contributed by atoms with Gasteiger partial charge in [0.05, 0.1) is 0 Å². The van der Waals surface area contributed by atoms with Crippen LogP contribution in [-0.2, 0) is 0 Å². The Labute approximate surface area is 188 Å². The number of rotatable bonds is 4. The Bertz CT molecular complexity index is 1090. The zero-order chi connectivity index (χ0) is 22.2. The lowest BCUT2D eigenvalue weighted by Gasteiger charge is -2.46. The number of hydrogen-bond acceptors (Lipinski definition) is 4. The highest BCUT2D eigenvalue weighted by molar-refractivity contribution is 6.34. The largest absolute Gasteiger partial charge is 0.457 e. The number of fused-ring (bicyclic) bond motifs is 1. The first-order chi connectivity index (χ1) is 14.6. The van der Waals surface area contributed by atoms with Crippen molar-refractivity contribution in [1.29, 1.82) is 0 Å². The van der Waals surface area contributed by atoms with Crippen molar-refractivity contribution in [2.45, 2.75) is 57.7 Å². The molecule has 2 N–H and O–H groups in total. The lowest BCUT2D eigenvalue weighted by molar-refractivity contribution is 0.0873. The van der Waals surface area contributed by atoms with Crippen LogP contribution in [-0.4, -0.2) is 28.0 Å². The number of nitrogens with zero attached hydrogens (tertiary/aromatic N) is 1. The molecule has 0 radical (unpaired) electrons. The van der Waals surface area contributed by atoms with Gasteiger partial charge in [-0.15, -0.1) is 0 Å². The average molecular weight is 438 g/mol. The van der Waals surface area contributed by atoms with Crippen LogP contribution in [0.1, 0.15) is 50.9 Å². The zero-order valence-corrected chi connectivity index (χ0v) is 19.1. The van der Waals surface area contributed by atoms with Gasteiger partial charge in [-0.3, -0.25) is 4.79 Å². The molecule has 0 aliphatic carbocycles. The predicted octanol–water partition coefficient (Wildman–Crippen LogP) is 5.72. The van der Waals surface area contributed by atoms with Crippen LogP contribution < -0.4 is 15.4 Å². The third-order valence-electron chi connectivity index (χ3n) is 5.59. The molecule has 0 atom stereocenters. The number of hydrogen-bond donors (Lipinski definition) is 2. The molecule has 0 bridgehead atoms. The van der Waals surface area contributed by atoms with E-state index in [2.05, 4.69) is 43.3 Å². The van der Waals surface area contributed by atoms with Crippen LogP contribution in [0.15, 0.2) is 54.7 Å². The highest BCUT2D eigenvalue weighted by Gasteiger charge is 2.38. The molecule has 4 rings (SSSR count). The average Bonchev–Trinajstić information content (AvgIpc) is 2.67. The Hall–Kier alpha value is -2.63. The van der Waals surface area contributed by atoms with Crippen LogP contribution in [0.2, 0.25) is 5.15 Å². The Morgan fingerprint density at radius 1 is 1.03 bits per heavy atom. The van der Waals surface area contributed by atoms with Gasteiger partial charge in [-0.1, -0.05) is 23.7 Å². The van der Waals surface area contributed by atoms with E-state index in [1.165, 1.54) is 0 Å². The van der Waals surface area contributed by atoms with E-state index in [-0.39, 0.29) is 23.0 Å². The molecule has 3 aromatic rings. The van der Waals surface area contributed by atoms with E-state index in [9.17, 15) is 4.79 Å². The number of carbonyl (C=O) groups is 1. The molecule has 31 heavy (non-hydrogen) atoms. The summed E-state index contributed by atoms with van der Waals surface area (Å²) in [6.45, 7) is 8.71. The van der Waals surface area contributed by atoms with E-state index >= 15 is 0 Å². The summed E-state index contributed by atoms with van der Waals surface area (Å²) in [7, 11) is 0. The Morgan fingerprint density at radius 3 is 2.39 bits per heavy atom. The molecular weight excluding hydrogens is 410 g/mol. The SMILES string of the molecule is CC1(C)CC(NC(=O)c2ccc(Oc3cccc4c(Cl)nccc34)cc2)CC(C)(C)N1. The summed E-state index contributed by atoms with van der Waals surface area (Å²) >= 11 is 6.19. The van der Waals surface area contributed by atoms with Crippen molar-refractivity contribution in [1.82, 2.24) is 15.6 Å². The number of amides is 1. The molecule has 1 saturated heterocycles. The van der Waals surface area contributed by atoms with Gasteiger partial charge in [0.15, 0.2) is 0 Å². The maximum absolute atomic E-state index is 12.8. The highest BCUT2D eigenvalue weighted by atomic mass is 35.5. The summed E-state index contributed by atoms with van der Waals surface area (Å²) in [4.78, 5) is 16.9. The fraction of sp³-hybridized carbons (Fsp3) is 0.360. The summed E-state index contributed by atoms with van der Waals surface area (Å²) in [6, 6.07) is 14.9. The molecule has 5 nitrogen and oxygen atoms in total. The van der Waals surface area contributed by atoms with Gasteiger partial charge in [0.2, 0.25) is 0 Å². The summed E-state index contributed by atoms with van der Waals surface area (Å²) in [6.07, 6.45) is 3.44. The van der Waals surface area contributed by atoms with Gasteiger partial charge in [0.25, 0.3) is 5.91 Å². The molecule has 2 aromatic carbocycles. The van der Waals surface area contributed by atoms with Gasteiger partial charge in [-0.25, -0.2) is 4.98 Å². The quantitative estimate of drug-likeness (QED) is 0.512. The minimum absolute atomic E-state index is 0.0196. The number of pyridine rings is 1. The normalized spacial score (nSPS) is 18.0. The predicted molar refractivity (Wildman–Crippen MR) is 125 cm³/mol. The molecule has 1 fully saturated rings. The Morgan fingerprint density at radius 2 is 1.71 bits per heavy atom. The van der Waals surface area contributed by atoms with Gasteiger partial charge >= 0.3 is 0 Å². The van der Waals surface area contributed by atoms with Crippen molar-refractivity contribution in [3.63, 3.8) is 0 Å². The van der Waals surface area contributed by atoms with Crippen molar-refractivity contribution < 1.29 is 9.53 Å². The van der Waals surface area contributed by atoms with Crippen LogP contribution in [0.3, 0.4) is 0 Å². The summed E-state index contributed by atoms with van der Waals surface area (Å²) in [5.41, 5.74) is 0.578. The molecule has 0 spiro atoms. The monoisotopic (exact) mass is 437 g/mol. The maximum atomic E-state index is 12.8. The van der Waals surface area contributed by atoms with E-state index in [1.54, 1.807) is 18.3 Å². The van der Waals surface area contributed by atoms with Gasteiger partial charge in [-0.05, 0) is 76.9 Å². The first kappa shape index (κ1) is 21.6. The number of carbonyl (C=O) groups excluding carboxylic acids is 1. The number of aromatic nitrogens is 1. The summed E-state index contributed by atoms with van der Waals surface area (Å²) < 4.78 is 6.06. The summed E-state index contributed by atoms with van der Waals surface area (Å²) in [5.74, 6) is 1.28. The van der Waals surface area contributed by atoms with E-state index in [4.69, 9.17) is 16.3 Å². The lowest BCUT2D eigenvalue weighted by atomic mass is 9.79. The second-order valence-corrected chi connectivity index (χ2v) is 9.91. The number of halogens is 1. The van der Waals surface area contributed by atoms with Gasteiger partial charge < -0.3 is 15.4 Å². The van der Waals surface area contributed by atoms with Gasteiger partial charge in [-0.2, -0.15) is 0 Å². The molecule has 0 unspecified atom stereocenters. The summed E-state index contributed by atoms with van der Waals surface area (Å²) in [5, 5.41) is 9.02. The molecule has 1 amide bonds. The number of piperidine rings is 1. The molecule has 1 aromatic heterocycles. The van der Waals surface area contributed by atoms with Crippen molar-refractivity contribution in [3.8, 4) is 11.5 Å². The second kappa shape index (κ2) is 8.13. The van der Waals surface area contributed by atoms with E-state index < -0.39 is 0 Å². The lowest BCUT2D eigenvalue weighted by Crippen LogP contribution is -2.62. The fourth-order valence-corrected chi connectivity index (χ4v) is 4.95. The van der Waals surface area contributed by atoms with E-state index in [1.807, 2.05) is 36.4 Å². The van der Waals surface area contributed by atoms with E-state index in [0.29, 0.717) is 22.2 Å². The topological polar surface area (TPSA) is 63.2 Å². The van der Waals surface area contributed by atoms with Gasteiger partial charge in [0.1, 0.15) is 16.7 Å². The molecule has 162 valence electrons. The molecular formula is C25H28ClN3O2. The number of benzene rings is 2. The van der Waals surface area contributed by atoms with Crippen LogP contribution in [0.5, 0.6) is 11.5 Å². The van der Waals surface area contributed by atoms with E-state index in [0.717, 1.165) is 23.6 Å². The van der Waals surface area contributed by atoms with Crippen LogP contribution in [0.25, 0.3) is 10.8 Å². The first-order valence-corrected chi connectivity index (χ1v) is 10.9. The fourth-order valence-electron chi connectivity index (χ4n) is 4.73. The number of nitrogens with one attached hydrogen (secondary N) is 2. The molecule has 1 aliphatic heterocycles. The van der Waals surface area contributed by atoms with Crippen molar-refractivity contribution in [2.75, 3.05) is 0 Å². The van der Waals surface area contributed by atoms with Crippen molar-refractivity contribution in [2.24, 2.45) is 0 Å². The van der Waals surface area contributed by atoms with Crippen LogP contribution in [0.4, 0.5) is 0 Å². The molecule has 6 heteroatoms. The first-order valence-electron chi connectivity index (χ1n) is 10.5. The molecule has 0 saturated carbocycles. The standard InChI is InChI=1S/C25H28ClN3O2/c1-24(2)14-17(15-25(3,4)29-24)28-23(30)16-8-10-18(11-9-16)31-21-7-5-6-20-19(21)12-13-27-22(20)26/h5-13,17,29H,14-15H2,1-4H3,(H,28,30). The second-order valence-electron chi connectivity index (χ2n) is 9.55. The van der Waals surface area contributed by atoms with Crippen LogP contribution >= 0.6 is 11.6 Å². The van der Waals surface area contributed by atoms with Crippen LogP contribution in [0, 0.1) is 0 Å².